The Morgan fingerprint density at radius 1 is 1.22 bits per heavy atom. The van der Waals surface area contributed by atoms with Crippen molar-refractivity contribution in [3.63, 3.8) is 0 Å². The van der Waals surface area contributed by atoms with Gasteiger partial charge in [0, 0.05) is 27.7 Å². The van der Waals surface area contributed by atoms with Gasteiger partial charge in [-0.1, -0.05) is 0 Å². The van der Waals surface area contributed by atoms with Gasteiger partial charge >= 0.3 is 8.60 Å². The summed E-state index contributed by atoms with van der Waals surface area (Å²) >= 11 is 0. The second kappa shape index (κ2) is 9.25. The minimum atomic E-state index is -1.58. The van der Waals surface area contributed by atoms with Gasteiger partial charge in [0.1, 0.15) is 0 Å². The molecular weight excluding hydrogens is 328 g/mol. The first-order valence-electron chi connectivity index (χ1n) is 2.56. The van der Waals surface area contributed by atoms with Crippen molar-refractivity contribution in [1.82, 2.24) is 0 Å². The third kappa shape index (κ3) is 9.25. The van der Waals surface area contributed by atoms with E-state index in [1.807, 2.05) is 13.8 Å². The Hall–Kier alpha value is 1.25. The van der Waals surface area contributed by atoms with Crippen LogP contribution in [-0.4, -0.2) is 18.1 Å². The zero-order chi connectivity index (χ0) is 6.41. The average molecular weight is 339 g/mol. The topological polar surface area (TPSA) is 38.7 Å². The second-order valence-corrected chi connectivity index (χ2v) is 2.07. The normalized spacial score (nSPS) is 9.33. The van der Waals surface area contributed by atoms with Crippen molar-refractivity contribution >= 4 is 8.60 Å². The molecule has 0 unspecified atom stereocenters. The molecule has 0 atom stereocenters. The molecule has 0 aromatic heterocycles. The summed E-state index contributed by atoms with van der Waals surface area (Å²) < 4.78 is 9.36. The van der Waals surface area contributed by atoms with Gasteiger partial charge in [-0.2, -0.15) is 0 Å². The smallest absolute Gasteiger partial charge is 0.328 e. The van der Waals surface area contributed by atoms with Gasteiger partial charge in [-0.15, -0.1) is 0 Å². The molecule has 0 amide bonds. The largest absolute Gasteiger partial charge is 0.329 e. The molecule has 9 heavy (non-hydrogen) atoms. The molecule has 0 aromatic carbocycles. The van der Waals surface area contributed by atoms with E-state index < -0.39 is 8.60 Å². The molecule has 0 saturated heterocycles. The Labute approximate surface area is 77.2 Å². The van der Waals surface area contributed by atoms with Crippen molar-refractivity contribution in [3.8, 4) is 0 Å². The van der Waals surface area contributed by atoms with Gasteiger partial charge in [-0.25, -0.2) is 0 Å². The van der Waals surface area contributed by atoms with E-state index in [0.717, 1.165) is 0 Å². The van der Waals surface area contributed by atoms with Crippen LogP contribution in [0.15, 0.2) is 0 Å². The monoisotopic (exact) mass is 340 g/mol. The van der Waals surface area contributed by atoms with Crippen molar-refractivity contribution in [3.05, 3.63) is 0 Å². The van der Waals surface area contributed by atoms with Gasteiger partial charge in [0.15, 0.2) is 0 Å². The van der Waals surface area contributed by atoms with Crippen LogP contribution >= 0.6 is 8.60 Å². The van der Waals surface area contributed by atoms with Crippen LogP contribution in [0, 0.1) is 0 Å². The first-order chi connectivity index (χ1) is 3.81. The number of hydrogen-bond acceptors (Lipinski definition) is 3. The van der Waals surface area contributed by atoms with Crippen LogP contribution in [0.5, 0.6) is 0 Å². The quantitative estimate of drug-likeness (QED) is 0.620. The van der Waals surface area contributed by atoms with Crippen LogP contribution in [0.25, 0.3) is 0 Å². The molecule has 52 valence electrons. The minimum absolute atomic E-state index is 0. The van der Waals surface area contributed by atoms with Crippen LogP contribution in [-0.2, 0) is 36.7 Å². The van der Waals surface area contributed by atoms with Crippen LogP contribution in [0.2, 0.25) is 0 Å². The SMILES string of the molecule is CCOP(O)OCC.[Hg]. The zero-order valence-corrected chi connectivity index (χ0v) is 12.2. The molecule has 0 aliphatic carbocycles. The van der Waals surface area contributed by atoms with E-state index in [1.165, 1.54) is 0 Å². The van der Waals surface area contributed by atoms with E-state index in [2.05, 4.69) is 9.05 Å². The van der Waals surface area contributed by atoms with E-state index in [9.17, 15) is 0 Å². The van der Waals surface area contributed by atoms with Gasteiger partial charge in [0.2, 0.25) is 0 Å². The first kappa shape index (κ1) is 12.9. The summed E-state index contributed by atoms with van der Waals surface area (Å²) in [6, 6.07) is 0. The van der Waals surface area contributed by atoms with Crippen LogP contribution in [0.1, 0.15) is 13.8 Å². The molecule has 0 radical (unpaired) electrons. The van der Waals surface area contributed by atoms with Crippen LogP contribution in [0.3, 0.4) is 0 Å². The van der Waals surface area contributed by atoms with Crippen molar-refractivity contribution in [2.75, 3.05) is 13.2 Å². The Bertz CT molecular complexity index is 49.1. The number of hydrogen-bond donors (Lipinski definition) is 1. The minimum Gasteiger partial charge on any atom is -0.328 e. The predicted molar refractivity (Wildman–Crippen MR) is 32.4 cm³/mol. The Kier molecular flexibility index (Phi) is 13.2. The van der Waals surface area contributed by atoms with E-state index in [4.69, 9.17) is 4.89 Å². The Morgan fingerprint density at radius 3 is 1.78 bits per heavy atom. The maximum atomic E-state index is 8.67. The summed E-state index contributed by atoms with van der Waals surface area (Å²) in [7, 11) is -1.58. The van der Waals surface area contributed by atoms with Crippen molar-refractivity contribution < 1.29 is 41.6 Å². The summed E-state index contributed by atoms with van der Waals surface area (Å²) in [6.07, 6.45) is 0. The zero-order valence-electron chi connectivity index (χ0n) is 5.83. The first-order valence-corrected chi connectivity index (χ1v) is 3.69. The van der Waals surface area contributed by atoms with Crippen molar-refractivity contribution in [2.24, 2.45) is 0 Å². The predicted octanol–water partition coefficient (Wildman–Crippen LogP) is 1.28. The molecule has 0 aromatic rings. The summed E-state index contributed by atoms with van der Waals surface area (Å²) in [5, 5.41) is 0. The maximum Gasteiger partial charge on any atom is 0.329 e. The van der Waals surface area contributed by atoms with Crippen LogP contribution < -0.4 is 0 Å². The molecule has 0 heterocycles. The maximum absolute atomic E-state index is 8.67. The fourth-order valence-corrected chi connectivity index (χ4v) is 0.774. The second-order valence-electron chi connectivity index (χ2n) is 1.07. The van der Waals surface area contributed by atoms with Gasteiger partial charge in [-0.3, -0.25) is 0 Å². The molecule has 0 bridgehead atoms. The molecule has 0 fully saturated rings. The molecule has 0 saturated carbocycles. The summed E-state index contributed by atoms with van der Waals surface area (Å²) in [6.45, 7) is 4.62. The fourth-order valence-electron chi connectivity index (χ4n) is 0.258. The standard InChI is InChI=1S/C4H11O3P.Hg/c1-3-6-8(5)7-4-2;/h5H,3-4H2,1-2H3;. The van der Waals surface area contributed by atoms with Gasteiger partial charge < -0.3 is 13.9 Å². The van der Waals surface area contributed by atoms with E-state index in [-0.39, 0.29) is 27.7 Å². The van der Waals surface area contributed by atoms with E-state index in [1.54, 1.807) is 0 Å². The van der Waals surface area contributed by atoms with Gasteiger partial charge in [0.05, 0.1) is 13.2 Å². The Morgan fingerprint density at radius 2 is 1.56 bits per heavy atom. The van der Waals surface area contributed by atoms with Crippen molar-refractivity contribution in [1.29, 1.82) is 0 Å². The molecule has 0 aliphatic heterocycles. The van der Waals surface area contributed by atoms with E-state index >= 15 is 0 Å². The van der Waals surface area contributed by atoms with Crippen LogP contribution in [0.4, 0.5) is 0 Å². The third-order valence-corrected chi connectivity index (χ3v) is 1.44. The van der Waals surface area contributed by atoms with Gasteiger partial charge in [-0.05, 0) is 13.8 Å². The summed E-state index contributed by atoms with van der Waals surface area (Å²) in [5.41, 5.74) is 0. The molecule has 0 spiro atoms. The van der Waals surface area contributed by atoms with Gasteiger partial charge in [0.25, 0.3) is 0 Å². The molecule has 0 rings (SSSR count). The third-order valence-electron chi connectivity index (χ3n) is 0.479. The number of rotatable bonds is 4. The molecule has 5 heteroatoms. The van der Waals surface area contributed by atoms with E-state index in [0.29, 0.717) is 13.2 Å². The molecule has 0 aliphatic rings. The van der Waals surface area contributed by atoms with Crippen molar-refractivity contribution in [2.45, 2.75) is 13.8 Å². The summed E-state index contributed by atoms with van der Waals surface area (Å²) in [5.74, 6) is 0. The molecule has 1 N–H and O–H groups in total. The summed E-state index contributed by atoms with van der Waals surface area (Å²) in [4.78, 5) is 8.67. The Balaban J connectivity index is 0. The average Bonchev–Trinajstić information content (AvgIpc) is 1.68. The molecular formula is C4H11HgO3P. The fraction of sp³-hybridized carbons (Fsp3) is 1.00. The molecule has 3 nitrogen and oxygen atoms in total.